The van der Waals surface area contributed by atoms with Crippen molar-refractivity contribution in [2.45, 2.75) is 39.7 Å². The second-order valence-corrected chi connectivity index (χ2v) is 4.16. The van der Waals surface area contributed by atoms with Gasteiger partial charge in [0.15, 0.2) is 0 Å². The fraction of sp³-hybridized carbons (Fsp3) is 0.562. The summed E-state index contributed by atoms with van der Waals surface area (Å²) in [4.78, 5) is 10.4. The molecule has 0 bridgehead atoms. The van der Waals surface area contributed by atoms with Crippen LogP contribution in [0.25, 0.3) is 0 Å². The average Bonchev–Trinajstić information content (AvgIpc) is 2.47. The lowest BCUT2D eigenvalue weighted by atomic mass is 10.1. The number of rotatable bonds is 9. The van der Waals surface area contributed by atoms with E-state index < -0.39 is 5.97 Å². The topological polar surface area (TPSA) is 58.6 Å². The second kappa shape index (κ2) is 12.6. The third-order valence-corrected chi connectivity index (χ3v) is 2.60. The van der Waals surface area contributed by atoms with Crippen LogP contribution in [0.3, 0.4) is 0 Å². The van der Waals surface area contributed by atoms with Gasteiger partial charge in [-0.05, 0) is 18.5 Å². The number of carbonyl (C=O) groups is 1. The fourth-order valence-electron chi connectivity index (χ4n) is 1.76. The normalized spacial score (nSPS) is 11.3. The summed E-state index contributed by atoms with van der Waals surface area (Å²) < 4.78 is 5.39. The summed E-state index contributed by atoms with van der Waals surface area (Å²) in [6.07, 6.45) is 0.950. The Hall–Kier alpha value is -1.39. The van der Waals surface area contributed by atoms with Gasteiger partial charge in [0.25, 0.3) is 0 Å². The molecular formula is C16H27NO3. The summed E-state index contributed by atoms with van der Waals surface area (Å²) in [6.45, 7) is 7.73. The minimum Gasteiger partial charge on any atom is -0.481 e. The van der Waals surface area contributed by atoms with Crippen molar-refractivity contribution in [2.75, 3.05) is 19.8 Å². The summed E-state index contributed by atoms with van der Waals surface area (Å²) in [5.74, 6) is -0.821. The molecule has 1 atom stereocenters. The Morgan fingerprint density at radius 2 is 1.95 bits per heavy atom. The van der Waals surface area contributed by atoms with E-state index in [1.165, 1.54) is 5.56 Å². The maximum Gasteiger partial charge on any atom is 0.305 e. The Morgan fingerprint density at radius 1 is 1.30 bits per heavy atom. The Labute approximate surface area is 122 Å². The molecule has 0 aliphatic heterocycles. The molecule has 0 saturated carbocycles. The van der Waals surface area contributed by atoms with Crippen molar-refractivity contribution in [1.82, 2.24) is 5.32 Å². The maximum absolute atomic E-state index is 10.4. The molecule has 0 aromatic heterocycles. The molecule has 0 radical (unpaired) electrons. The molecule has 4 heteroatoms. The number of ether oxygens (including phenoxy) is 1. The van der Waals surface area contributed by atoms with Crippen LogP contribution in [0.5, 0.6) is 0 Å². The molecule has 20 heavy (non-hydrogen) atoms. The highest BCUT2D eigenvalue weighted by atomic mass is 16.5. The van der Waals surface area contributed by atoms with Crippen LogP contribution in [0, 0.1) is 0 Å². The van der Waals surface area contributed by atoms with Gasteiger partial charge in [0.05, 0.1) is 19.6 Å². The monoisotopic (exact) mass is 281 g/mol. The minimum absolute atomic E-state index is 0.0597. The standard InChI is InChI=1S/C14H21NO3.C2H6/c1-2-15-13(11-18-9-8-14(16)17)10-12-6-4-3-5-7-12;1-2/h3-7,13,15H,2,8-11H2,1H3,(H,16,17);1-2H3. The first-order valence-corrected chi connectivity index (χ1v) is 7.29. The van der Waals surface area contributed by atoms with E-state index in [1.807, 2.05) is 32.0 Å². The molecule has 0 aliphatic carbocycles. The maximum atomic E-state index is 10.4. The van der Waals surface area contributed by atoms with Crippen LogP contribution in [0.2, 0.25) is 0 Å². The van der Waals surface area contributed by atoms with Crippen LogP contribution in [-0.2, 0) is 16.0 Å². The second-order valence-electron chi connectivity index (χ2n) is 4.16. The predicted octanol–water partition coefficient (Wildman–Crippen LogP) is 2.72. The largest absolute Gasteiger partial charge is 0.481 e. The van der Waals surface area contributed by atoms with Gasteiger partial charge >= 0.3 is 5.97 Å². The van der Waals surface area contributed by atoms with Crippen molar-refractivity contribution in [1.29, 1.82) is 0 Å². The average molecular weight is 281 g/mol. The van der Waals surface area contributed by atoms with Gasteiger partial charge in [-0.3, -0.25) is 4.79 Å². The quantitative estimate of drug-likeness (QED) is 0.683. The number of carboxylic acids is 1. The van der Waals surface area contributed by atoms with Crippen LogP contribution in [0.15, 0.2) is 30.3 Å². The molecule has 0 fully saturated rings. The summed E-state index contributed by atoms with van der Waals surface area (Å²) in [5.41, 5.74) is 1.25. The van der Waals surface area contributed by atoms with E-state index in [0.29, 0.717) is 6.61 Å². The highest BCUT2D eigenvalue weighted by molar-refractivity contribution is 5.66. The molecule has 4 nitrogen and oxygen atoms in total. The lowest BCUT2D eigenvalue weighted by Gasteiger charge is -2.17. The molecule has 114 valence electrons. The zero-order chi connectivity index (χ0) is 15.2. The van der Waals surface area contributed by atoms with Gasteiger partial charge in [-0.25, -0.2) is 0 Å². The van der Waals surface area contributed by atoms with Crippen molar-refractivity contribution < 1.29 is 14.6 Å². The fourth-order valence-corrected chi connectivity index (χ4v) is 1.76. The van der Waals surface area contributed by atoms with Gasteiger partial charge in [-0.1, -0.05) is 51.1 Å². The zero-order valence-electron chi connectivity index (χ0n) is 12.8. The lowest BCUT2D eigenvalue weighted by Crippen LogP contribution is -2.35. The Kier molecular flexibility index (Phi) is 11.8. The lowest BCUT2D eigenvalue weighted by molar-refractivity contribution is -0.138. The molecule has 0 saturated heterocycles. The molecule has 1 rings (SSSR count). The van der Waals surface area contributed by atoms with Gasteiger partial charge in [-0.2, -0.15) is 0 Å². The summed E-state index contributed by atoms with van der Waals surface area (Å²) in [7, 11) is 0. The number of nitrogens with one attached hydrogen (secondary N) is 1. The number of benzene rings is 1. The van der Waals surface area contributed by atoms with Gasteiger partial charge in [0.2, 0.25) is 0 Å². The molecule has 0 amide bonds. The van der Waals surface area contributed by atoms with Crippen LogP contribution in [0.1, 0.15) is 32.8 Å². The number of aliphatic carboxylic acids is 1. The van der Waals surface area contributed by atoms with Crippen LogP contribution in [0.4, 0.5) is 0 Å². The van der Waals surface area contributed by atoms with E-state index in [1.54, 1.807) is 0 Å². The number of carboxylic acid groups (broad SMARTS) is 1. The van der Waals surface area contributed by atoms with E-state index in [9.17, 15) is 4.79 Å². The summed E-state index contributed by atoms with van der Waals surface area (Å²) >= 11 is 0. The summed E-state index contributed by atoms with van der Waals surface area (Å²) in [6, 6.07) is 10.4. The first-order chi connectivity index (χ1) is 9.72. The van der Waals surface area contributed by atoms with Crippen molar-refractivity contribution >= 4 is 5.97 Å². The first kappa shape index (κ1) is 18.6. The van der Waals surface area contributed by atoms with E-state index in [-0.39, 0.29) is 19.1 Å². The molecule has 1 aromatic carbocycles. The van der Waals surface area contributed by atoms with Gasteiger partial charge in [0.1, 0.15) is 0 Å². The minimum atomic E-state index is -0.821. The zero-order valence-corrected chi connectivity index (χ0v) is 12.8. The van der Waals surface area contributed by atoms with Crippen LogP contribution in [-0.4, -0.2) is 36.9 Å². The number of hydrogen-bond donors (Lipinski definition) is 2. The molecule has 1 aromatic rings. The van der Waals surface area contributed by atoms with Gasteiger partial charge in [0, 0.05) is 6.04 Å². The van der Waals surface area contributed by atoms with E-state index >= 15 is 0 Å². The number of hydrogen-bond acceptors (Lipinski definition) is 3. The highest BCUT2D eigenvalue weighted by Crippen LogP contribution is 2.03. The molecule has 0 spiro atoms. The van der Waals surface area contributed by atoms with Gasteiger partial charge in [-0.15, -0.1) is 0 Å². The van der Waals surface area contributed by atoms with E-state index in [0.717, 1.165) is 13.0 Å². The smallest absolute Gasteiger partial charge is 0.305 e. The molecule has 0 heterocycles. The van der Waals surface area contributed by atoms with Crippen molar-refractivity contribution in [3.63, 3.8) is 0 Å². The Morgan fingerprint density at radius 3 is 2.50 bits per heavy atom. The SMILES string of the molecule is CC.CCNC(COCCC(=O)O)Cc1ccccc1. The predicted molar refractivity (Wildman–Crippen MR) is 82.0 cm³/mol. The molecule has 1 unspecified atom stereocenters. The van der Waals surface area contributed by atoms with E-state index in [4.69, 9.17) is 9.84 Å². The molecule has 2 N–H and O–H groups in total. The number of likely N-dealkylation sites (N-methyl/N-ethyl adjacent to an activating group) is 1. The van der Waals surface area contributed by atoms with Crippen LogP contribution >= 0.6 is 0 Å². The third kappa shape index (κ3) is 9.53. The highest BCUT2D eigenvalue weighted by Gasteiger charge is 2.08. The Bertz CT molecular complexity index is 341. The van der Waals surface area contributed by atoms with Crippen LogP contribution < -0.4 is 5.32 Å². The first-order valence-electron chi connectivity index (χ1n) is 7.29. The third-order valence-electron chi connectivity index (χ3n) is 2.60. The Balaban J connectivity index is 0.00000172. The van der Waals surface area contributed by atoms with E-state index in [2.05, 4.69) is 24.4 Å². The summed E-state index contributed by atoms with van der Waals surface area (Å²) in [5, 5.41) is 11.9. The molecular weight excluding hydrogens is 254 g/mol. The van der Waals surface area contributed by atoms with Crippen molar-refractivity contribution in [3.05, 3.63) is 35.9 Å². The van der Waals surface area contributed by atoms with Crippen molar-refractivity contribution in [2.24, 2.45) is 0 Å². The van der Waals surface area contributed by atoms with Gasteiger partial charge < -0.3 is 15.2 Å². The van der Waals surface area contributed by atoms with Crippen molar-refractivity contribution in [3.8, 4) is 0 Å². The molecule has 0 aliphatic rings.